The summed E-state index contributed by atoms with van der Waals surface area (Å²) in [6, 6.07) is 6.09. The third-order valence-corrected chi connectivity index (χ3v) is 6.07. The van der Waals surface area contributed by atoms with Gasteiger partial charge in [0.15, 0.2) is 0 Å². The van der Waals surface area contributed by atoms with Gasteiger partial charge in [0, 0.05) is 19.2 Å². The minimum Gasteiger partial charge on any atom is -0.364 e. The molecule has 0 unspecified atom stereocenters. The number of alkyl halides is 2. The number of aromatic nitrogens is 3. The Morgan fingerprint density at radius 1 is 1.25 bits per heavy atom. The Bertz CT molecular complexity index is 1080. The van der Waals surface area contributed by atoms with Gasteiger partial charge in [0.1, 0.15) is 11.6 Å². The first-order valence-electron chi connectivity index (χ1n) is 8.55. The molecule has 0 saturated carbocycles. The van der Waals surface area contributed by atoms with E-state index in [-0.39, 0.29) is 17.9 Å². The molecular weight excluding hydrogens is 390 g/mol. The first-order chi connectivity index (χ1) is 13.3. The molecule has 0 bridgehead atoms. The number of hydrogen-bond donors (Lipinski definition) is 3. The van der Waals surface area contributed by atoms with E-state index in [1.165, 1.54) is 36.5 Å². The molecule has 0 aliphatic carbocycles. The molecule has 3 heterocycles. The van der Waals surface area contributed by atoms with E-state index in [0.29, 0.717) is 28.6 Å². The number of nitrogens with one attached hydrogen (secondary N) is 3. The molecule has 3 aliphatic rings. The normalized spacial score (nSPS) is 16.6. The van der Waals surface area contributed by atoms with Crippen LogP contribution < -0.4 is 14.9 Å². The maximum atomic E-state index is 13.7. The second kappa shape index (κ2) is 6.67. The van der Waals surface area contributed by atoms with Gasteiger partial charge in [-0.3, -0.25) is 0 Å². The molecule has 1 fully saturated rings. The molecule has 0 amide bonds. The van der Waals surface area contributed by atoms with Crippen LogP contribution in [0.15, 0.2) is 41.7 Å². The minimum absolute atomic E-state index is 0.0200. The monoisotopic (exact) mass is 408 g/mol. The summed E-state index contributed by atoms with van der Waals surface area (Å²) in [4.78, 5) is 12.9. The molecule has 3 N–H and O–H groups in total. The van der Waals surface area contributed by atoms with Crippen LogP contribution in [-0.2, 0) is 10.0 Å². The molecule has 0 atom stereocenters. The number of hydrogen-bond acceptors (Lipinski definition) is 6. The Hall–Kier alpha value is -2.79. The molecule has 0 aromatic heterocycles. The fraction of sp³-hybridized carbons (Fsp3) is 0.294. The van der Waals surface area contributed by atoms with Crippen molar-refractivity contribution in [1.29, 1.82) is 0 Å². The van der Waals surface area contributed by atoms with Gasteiger partial charge in [-0.15, -0.1) is 0 Å². The highest BCUT2D eigenvalue weighted by atomic mass is 32.2. The van der Waals surface area contributed by atoms with Crippen molar-refractivity contribution in [2.24, 2.45) is 0 Å². The lowest BCUT2D eigenvalue weighted by molar-refractivity contribution is 0.0257. The van der Waals surface area contributed by atoms with E-state index in [9.17, 15) is 17.2 Å². The largest absolute Gasteiger partial charge is 0.364 e. The molecular formula is C17H18F2N6O2S. The highest BCUT2D eigenvalue weighted by Crippen LogP contribution is 2.38. The van der Waals surface area contributed by atoms with Crippen molar-refractivity contribution in [1.82, 2.24) is 19.7 Å². The van der Waals surface area contributed by atoms with Crippen LogP contribution in [0.25, 0.3) is 11.4 Å². The van der Waals surface area contributed by atoms with Crippen molar-refractivity contribution >= 4 is 27.2 Å². The van der Waals surface area contributed by atoms with E-state index in [1.54, 1.807) is 12.3 Å². The molecule has 0 spiro atoms. The molecule has 28 heavy (non-hydrogen) atoms. The fourth-order valence-corrected chi connectivity index (χ4v) is 3.97. The quantitative estimate of drug-likeness (QED) is 0.599. The number of anilines is 3. The Balaban J connectivity index is 1.78. The van der Waals surface area contributed by atoms with E-state index < -0.39 is 22.5 Å². The number of H-pyrrole nitrogens is 1. The van der Waals surface area contributed by atoms with Gasteiger partial charge in [-0.2, -0.15) is 0 Å². The van der Waals surface area contributed by atoms with Crippen molar-refractivity contribution < 1.29 is 17.2 Å². The molecule has 3 aliphatic heterocycles. The van der Waals surface area contributed by atoms with Crippen LogP contribution in [0.4, 0.5) is 26.0 Å². The van der Waals surface area contributed by atoms with E-state index in [0.717, 1.165) is 0 Å². The van der Waals surface area contributed by atoms with Gasteiger partial charge in [0.25, 0.3) is 5.92 Å². The topological polar surface area (TPSA) is 103 Å². The lowest BCUT2D eigenvalue weighted by Crippen LogP contribution is -2.26. The lowest BCUT2D eigenvalue weighted by Gasteiger charge is -2.23. The van der Waals surface area contributed by atoms with Gasteiger partial charge in [0.2, 0.25) is 10.0 Å². The van der Waals surface area contributed by atoms with Gasteiger partial charge in [0.05, 0.1) is 34.7 Å². The molecule has 8 nitrogen and oxygen atoms in total. The minimum atomic E-state index is -3.70. The van der Waals surface area contributed by atoms with Gasteiger partial charge < -0.3 is 15.2 Å². The van der Waals surface area contributed by atoms with Crippen LogP contribution in [0.5, 0.6) is 0 Å². The molecule has 11 heteroatoms. The standard InChI is InChI=1S/C17H18F2N6O2S/c1-20-28(26,27)11-2-3-14(25-7-5-17(18,19)9-25)13(8-11)24-16-12-4-6-21-15(12)22-10-23-16/h2-4,6,8,10,20H,5,7,9H2,1H3,(H2,21,22,23,24). The van der Waals surface area contributed by atoms with Crippen LogP contribution in [0.1, 0.15) is 6.42 Å². The lowest BCUT2D eigenvalue weighted by atomic mass is 10.2. The average molecular weight is 408 g/mol. The van der Waals surface area contributed by atoms with Crippen molar-refractivity contribution in [3.05, 3.63) is 36.8 Å². The SMILES string of the molecule is CNS(=O)(=O)c1ccc(N2CCC(F)(F)C2)c(Nc2nc[nH]c3nccc2-3)c1. The van der Waals surface area contributed by atoms with Crippen molar-refractivity contribution in [2.45, 2.75) is 17.2 Å². The van der Waals surface area contributed by atoms with Crippen LogP contribution in [0.2, 0.25) is 0 Å². The molecule has 0 radical (unpaired) electrons. The Kier molecular flexibility index (Phi) is 4.42. The summed E-state index contributed by atoms with van der Waals surface area (Å²) in [5.41, 5.74) is 1.55. The number of halogens is 2. The summed E-state index contributed by atoms with van der Waals surface area (Å²) >= 11 is 0. The Morgan fingerprint density at radius 2 is 2.07 bits per heavy atom. The molecule has 1 saturated heterocycles. The summed E-state index contributed by atoms with van der Waals surface area (Å²) in [5, 5.41) is 3.09. The zero-order valence-electron chi connectivity index (χ0n) is 14.9. The molecule has 148 valence electrons. The van der Waals surface area contributed by atoms with Gasteiger partial charge in [-0.05, 0) is 31.3 Å². The van der Waals surface area contributed by atoms with Crippen LogP contribution in [-0.4, -0.2) is 49.4 Å². The highest BCUT2D eigenvalue weighted by molar-refractivity contribution is 7.89. The van der Waals surface area contributed by atoms with Crippen LogP contribution >= 0.6 is 0 Å². The van der Waals surface area contributed by atoms with Crippen molar-refractivity contribution in [3.8, 4) is 11.4 Å². The van der Waals surface area contributed by atoms with E-state index in [1.807, 2.05) is 0 Å². The second-order valence-electron chi connectivity index (χ2n) is 6.50. The zero-order valence-corrected chi connectivity index (χ0v) is 15.7. The summed E-state index contributed by atoms with van der Waals surface area (Å²) < 4.78 is 54.1. The number of fused-ring (bicyclic) bond motifs is 1. The molecule has 1 aromatic carbocycles. The first-order valence-corrected chi connectivity index (χ1v) is 10.0. The third-order valence-electron chi connectivity index (χ3n) is 4.66. The van der Waals surface area contributed by atoms with Crippen molar-refractivity contribution in [3.63, 3.8) is 0 Å². The summed E-state index contributed by atoms with van der Waals surface area (Å²) in [7, 11) is -2.39. The maximum absolute atomic E-state index is 13.7. The number of rotatable bonds is 5. The van der Waals surface area contributed by atoms with Gasteiger partial charge in [-0.25, -0.2) is 31.9 Å². The van der Waals surface area contributed by atoms with Gasteiger partial charge >= 0.3 is 0 Å². The van der Waals surface area contributed by atoms with Crippen LogP contribution in [0.3, 0.4) is 0 Å². The zero-order chi connectivity index (χ0) is 19.9. The van der Waals surface area contributed by atoms with Gasteiger partial charge in [-0.1, -0.05) is 0 Å². The Morgan fingerprint density at radius 3 is 2.79 bits per heavy atom. The summed E-state index contributed by atoms with van der Waals surface area (Å²) in [6.45, 7) is -0.258. The smallest absolute Gasteiger partial charge is 0.266 e. The van der Waals surface area contributed by atoms with E-state index >= 15 is 0 Å². The van der Waals surface area contributed by atoms with Crippen molar-refractivity contribution in [2.75, 3.05) is 30.4 Å². The number of aromatic amines is 1. The number of sulfonamides is 1. The molecule has 1 aromatic rings. The summed E-state index contributed by atoms with van der Waals surface area (Å²) in [6.07, 6.45) is 2.81. The highest BCUT2D eigenvalue weighted by Gasteiger charge is 2.39. The predicted molar refractivity (Wildman–Crippen MR) is 101 cm³/mol. The van der Waals surface area contributed by atoms with E-state index in [2.05, 4.69) is 25.0 Å². The maximum Gasteiger partial charge on any atom is 0.266 e. The third kappa shape index (κ3) is 3.38. The first kappa shape index (κ1) is 18.6. The Labute approximate surface area is 160 Å². The summed E-state index contributed by atoms with van der Waals surface area (Å²) in [5.74, 6) is -1.74. The average Bonchev–Trinajstić information content (AvgIpc) is 3.28. The number of benzene rings is 1. The molecule has 4 rings (SSSR count). The van der Waals surface area contributed by atoms with Crippen LogP contribution in [0, 0.1) is 0 Å². The van der Waals surface area contributed by atoms with E-state index in [4.69, 9.17) is 0 Å². The number of nitrogens with zero attached hydrogens (tertiary/aromatic N) is 3. The second-order valence-corrected chi connectivity index (χ2v) is 8.38. The fourth-order valence-electron chi connectivity index (χ4n) is 3.21. The predicted octanol–water partition coefficient (Wildman–Crippen LogP) is 2.41.